The van der Waals surface area contributed by atoms with Gasteiger partial charge in [0.05, 0.1) is 0 Å². The second-order valence-corrected chi connectivity index (χ2v) is 3.91. The number of aliphatic imine (C=N–C) groups is 1. The van der Waals surface area contributed by atoms with Gasteiger partial charge in [0, 0.05) is 13.1 Å². The predicted octanol–water partition coefficient (Wildman–Crippen LogP) is 0.995. The van der Waals surface area contributed by atoms with Crippen molar-refractivity contribution in [3.05, 3.63) is 0 Å². The standard InChI is InChI=1S/C10H22N4/c1-2-7-12-10(14-11)13-8-9-5-3-4-6-9/h9H,2-8,11H2,1H3,(H2,12,13,14). The Bertz CT molecular complexity index is 173. The van der Waals surface area contributed by atoms with Crippen molar-refractivity contribution in [3.8, 4) is 0 Å². The van der Waals surface area contributed by atoms with Gasteiger partial charge < -0.3 is 5.32 Å². The zero-order valence-electron chi connectivity index (χ0n) is 9.05. The van der Waals surface area contributed by atoms with Crippen LogP contribution < -0.4 is 16.6 Å². The Labute approximate surface area is 86.3 Å². The lowest BCUT2D eigenvalue weighted by Crippen LogP contribution is -2.42. The molecule has 4 N–H and O–H groups in total. The third-order valence-electron chi connectivity index (χ3n) is 2.66. The average molecular weight is 198 g/mol. The highest BCUT2D eigenvalue weighted by Crippen LogP contribution is 2.24. The lowest BCUT2D eigenvalue weighted by molar-refractivity contribution is 0.560. The minimum atomic E-state index is 0.735. The van der Waals surface area contributed by atoms with Crippen LogP contribution in [0.1, 0.15) is 39.0 Å². The summed E-state index contributed by atoms with van der Waals surface area (Å²) in [6.45, 7) is 3.96. The van der Waals surface area contributed by atoms with Crippen LogP contribution in [-0.4, -0.2) is 19.0 Å². The van der Waals surface area contributed by atoms with E-state index in [4.69, 9.17) is 5.84 Å². The van der Waals surface area contributed by atoms with Gasteiger partial charge in [-0.15, -0.1) is 0 Å². The number of hydrogen-bond acceptors (Lipinski definition) is 2. The molecule has 0 unspecified atom stereocenters. The van der Waals surface area contributed by atoms with E-state index in [1.165, 1.54) is 25.7 Å². The Morgan fingerprint density at radius 1 is 1.43 bits per heavy atom. The fourth-order valence-corrected chi connectivity index (χ4v) is 1.81. The number of hydrazine groups is 1. The predicted molar refractivity (Wildman–Crippen MR) is 59.9 cm³/mol. The van der Waals surface area contributed by atoms with Gasteiger partial charge in [-0.3, -0.25) is 10.4 Å². The van der Waals surface area contributed by atoms with Crippen LogP contribution in [0.15, 0.2) is 4.99 Å². The molecule has 0 amide bonds. The molecule has 1 saturated carbocycles. The van der Waals surface area contributed by atoms with Gasteiger partial charge in [0.1, 0.15) is 0 Å². The zero-order valence-corrected chi connectivity index (χ0v) is 9.05. The maximum Gasteiger partial charge on any atom is 0.205 e. The molecule has 4 nitrogen and oxygen atoms in total. The van der Waals surface area contributed by atoms with Crippen molar-refractivity contribution in [2.24, 2.45) is 16.8 Å². The summed E-state index contributed by atoms with van der Waals surface area (Å²) < 4.78 is 0. The molecule has 14 heavy (non-hydrogen) atoms. The van der Waals surface area contributed by atoms with E-state index >= 15 is 0 Å². The Morgan fingerprint density at radius 3 is 2.71 bits per heavy atom. The Hall–Kier alpha value is -0.770. The molecule has 1 rings (SSSR count). The minimum absolute atomic E-state index is 0.735. The molecule has 0 atom stereocenters. The van der Waals surface area contributed by atoms with Crippen LogP contribution >= 0.6 is 0 Å². The molecular weight excluding hydrogens is 176 g/mol. The maximum atomic E-state index is 5.36. The lowest BCUT2D eigenvalue weighted by Gasteiger charge is -2.09. The smallest absolute Gasteiger partial charge is 0.205 e. The fourth-order valence-electron chi connectivity index (χ4n) is 1.81. The van der Waals surface area contributed by atoms with Gasteiger partial charge in [0.15, 0.2) is 0 Å². The summed E-state index contributed by atoms with van der Waals surface area (Å²) in [5.74, 6) is 6.87. The summed E-state index contributed by atoms with van der Waals surface area (Å²) in [4.78, 5) is 4.43. The van der Waals surface area contributed by atoms with Gasteiger partial charge in [0.25, 0.3) is 0 Å². The molecule has 4 heteroatoms. The summed E-state index contributed by atoms with van der Waals surface area (Å²) in [5.41, 5.74) is 2.60. The quantitative estimate of drug-likeness (QED) is 0.273. The molecule has 1 aliphatic carbocycles. The summed E-state index contributed by atoms with van der Waals surface area (Å²) in [7, 11) is 0. The summed E-state index contributed by atoms with van der Waals surface area (Å²) in [6.07, 6.45) is 6.48. The molecule has 0 saturated heterocycles. The van der Waals surface area contributed by atoms with E-state index in [0.717, 1.165) is 31.4 Å². The van der Waals surface area contributed by atoms with Gasteiger partial charge >= 0.3 is 0 Å². The van der Waals surface area contributed by atoms with Crippen molar-refractivity contribution in [1.82, 2.24) is 10.7 Å². The molecule has 82 valence electrons. The first-order chi connectivity index (χ1) is 6.86. The number of nitrogens with one attached hydrogen (secondary N) is 2. The van der Waals surface area contributed by atoms with E-state index in [1.807, 2.05) is 0 Å². The third kappa shape index (κ3) is 3.96. The normalized spacial score (nSPS) is 18.6. The van der Waals surface area contributed by atoms with Crippen LogP contribution in [0.3, 0.4) is 0 Å². The molecule has 0 aliphatic heterocycles. The van der Waals surface area contributed by atoms with E-state index in [1.54, 1.807) is 0 Å². The highest BCUT2D eigenvalue weighted by atomic mass is 15.3. The second kappa shape index (κ2) is 6.65. The Morgan fingerprint density at radius 2 is 2.14 bits per heavy atom. The monoisotopic (exact) mass is 198 g/mol. The molecular formula is C10H22N4. The van der Waals surface area contributed by atoms with Gasteiger partial charge in [-0.25, -0.2) is 5.84 Å². The van der Waals surface area contributed by atoms with Crippen LogP contribution in [-0.2, 0) is 0 Å². The van der Waals surface area contributed by atoms with Crippen molar-refractivity contribution in [3.63, 3.8) is 0 Å². The van der Waals surface area contributed by atoms with Crippen LogP contribution in [0.4, 0.5) is 0 Å². The van der Waals surface area contributed by atoms with Crippen LogP contribution in [0, 0.1) is 5.92 Å². The zero-order chi connectivity index (χ0) is 10.2. The van der Waals surface area contributed by atoms with Crippen molar-refractivity contribution in [2.45, 2.75) is 39.0 Å². The topological polar surface area (TPSA) is 62.4 Å². The van der Waals surface area contributed by atoms with E-state index in [2.05, 4.69) is 22.7 Å². The average Bonchev–Trinajstić information content (AvgIpc) is 2.71. The van der Waals surface area contributed by atoms with E-state index < -0.39 is 0 Å². The van der Waals surface area contributed by atoms with Gasteiger partial charge in [-0.1, -0.05) is 19.8 Å². The molecule has 0 spiro atoms. The number of nitrogens with zero attached hydrogens (tertiary/aromatic N) is 1. The number of guanidine groups is 1. The van der Waals surface area contributed by atoms with E-state index in [0.29, 0.717) is 0 Å². The summed E-state index contributed by atoms with van der Waals surface area (Å²) in [6, 6.07) is 0. The van der Waals surface area contributed by atoms with Crippen molar-refractivity contribution in [2.75, 3.05) is 13.1 Å². The fraction of sp³-hybridized carbons (Fsp3) is 0.900. The second-order valence-electron chi connectivity index (χ2n) is 3.91. The molecule has 1 fully saturated rings. The largest absolute Gasteiger partial charge is 0.355 e. The third-order valence-corrected chi connectivity index (χ3v) is 2.66. The van der Waals surface area contributed by atoms with Crippen molar-refractivity contribution >= 4 is 5.96 Å². The number of rotatable bonds is 4. The Kier molecular flexibility index (Phi) is 5.37. The van der Waals surface area contributed by atoms with E-state index in [9.17, 15) is 0 Å². The number of nitrogens with two attached hydrogens (primary N) is 1. The summed E-state index contributed by atoms with van der Waals surface area (Å²) in [5, 5.41) is 3.16. The SMILES string of the molecule is CCCNC(=NCC1CCCC1)NN. The highest BCUT2D eigenvalue weighted by molar-refractivity contribution is 5.79. The first-order valence-corrected chi connectivity index (χ1v) is 5.61. The first kappa shape index (κ1) is 11.3. The molecule has 0 aromatic carbocycles. The van der Waals surface area contributed by atoms with Crippen LogP contribution in [0.25, 0.3) is 0 Å². The summed E-state index contributed by atoms with van der Waals surface area (Å²) >= 11 is 0. The molecule has 0 aromatic heterocycles. The molecule has 0 aromatic rings. The molecule has 0 radical (unpaired) electrons. The van der Waals surface area contributed by atoms with Crippen LogP contribution in [0.5, 0.6) is 0 Å². The lowest BCUT2D eigenvalue weighted by atomic mass is 10.1. The Balaban J connectivity index is 2.23. The van der Waals surface area contributed by atoms with Gasteiger partial charge in [-0.2, -0.15) is 0 Å². The van der Waals surface area contributed by atoms with Crippen LogP contribution in [0.2, 0.25) is 0 Å². The molecule has 0 bridgehead atoms. The molecule has 0 heterocycles. The minimum Gasteiger partial charge on any atom is -0.355 e. The highest BCUT2D eigenvalue weighted by Gasteiger charge is 2.14. The van der Waals surface area contributed by atoms with Gasteiger partial charge in [0.2, 0.25) is 5.96 Å². The maximum absolute atomic E-state index is 5.36. The number of hydrogen-bond donors (Lipinski definition) is 3. The van der Waals surface area contributed by atoms with Crippen molar-refractivity contribution < 1.29 is 0 Å². The first-order valence-electron chi connectivity index (χ1n) is 5.61. The van der Waals surface area contributed by atoms with E-state index in [-0.39, 0.29) is 0 Å². The van der Waals surface area contributed by atoms with Gasteiger partial charge in [-0.05, 0) is 25.2 Å². The molecule has 1 aliphatic rings. The van der Waals surface area contributed by atoms with Crippen molar-refractivity contribution in [1.29, 1.82) is 0 Å².